The van der Waals surface area contributed by atoms with Gasteiger partial charge in [0.25, 0.3) is 5.91 Å². The molecule has 0 aliphatic heterocycles. The van der Waals surface area contributed by atoms with Crippen LogP contribution in [0.3, 0.4) is 0 Å². The molecule has 0 heterocycles. The first-order valence-corrected chi connectivity index (χ1v) is 6.79. The number of halogens is 1. The first kappa shape index (κ1) is 17.1. The van der Waals surface area contributed by atoms with Gasteiger partial charge in [-0.2, -0.15) is 0 Å². The molecule has 0 unspecified atom stereocenters. The molecular formula is C13H15BrN2O5. The van der Waals surface area contributed by atoms with Crippen LogP contribution in [0, 0.1) is 0 Å². The van der Waals surface area contributed by atoms with E-state index in [1.54, 1.807) is 24.3 Å². The maximum Gasteiger partial charge on any atom is 0.330 e. The minimum absolute atomic E-state index is 0.317. The summed E-state index contributed by atoms with van der Waals surface area (Å²) in [6, 6.07) is 5.46. The first-order valence-electron chi connectivity index (χ1n) is 5.99. The number of hydrogen-bond donors (Lipinski definition) is 3. The molecule has 0 bridgehead atoms. The molecule has 7 nitrogen and oxygen atoms in total. The van der Waals surface area contributed by atoms with E-state index in [0.717, 1.165) is 11.6 Å². The summed E-state index contributed by atoms with van der Waals surface area (Å²) in [5, 5.41) is 13.6. The number of methoxy groups -OCH3 is 1. The van der Waals surface area contributed by atoms with Crippen molar-refractivity contribution in [2.75, 3.05) is 20.3 Å². The predicted octanol–water partition coefficient (Wildman–Crippen LogP) is -0.171. The van der Waals surface area contributed by atoms with Crippen molar-refractivity contribution >= 4 is 33.7 Å². The van der Waals surface area contributed by atoms with Crippen LogP contribution in [0.15, 0.2) is 28.7 Å². The largest absolute Gasteiger partial charge is 0.467 e. The molecule has 0 aliphatic rings. The summed E-state index contributed by atoms with van der Waals surface area (Å²) < 4.78 is 5.24. The van der Waals surface area contributed by atoms with Gasteiger partial charge in [-0.1, -0.05) is 15.9 Å². The summed E-state index contributed by atoms with van der Waals surface area (Å²) >= 11 is 3.25. The lowest BCUT2D eigenvalue weighted by Crippen LogP contribution is -2.47. The van der Waals surface area contributed by atoms with Crippen molar-refractivity contribution in [2.24, 2.45) is 0 Å². The standard InChI is InChI=1S/C13H15BrN2O5/c1-21-13(20)10(7-17)16-11(18)6-15-12(19)8-2-4-9(14)5-3-8/h2-5,10,17H,6-7H2,1H3,(H,15,19)(H,16,18)/t10-/m1/s1. The van der Waals surface area contributed by atoms with Gasteiger partial charge in [-0.3, -0.25) is 9.59 Å². The molecule has 0 spiro atoms. The summed E-state index contributed by atoms with van der Waals surface area (Å²) in [7, 11) is 1.15. The van der Waals surface area contributed by atoms with Gasteiger partial charge in [0, 0.05) is 10.0 Å². The van der Waals surface area contributed by atoms with Gasteiger partial charge >= 0.3 is 5.97 Å². The van der Waals surface area contributed by atoms with Crippen molar-refractivity contribution in [3.8, 4) is 0 Å². The fourth-order valence-corrected chi connectivity index (χ4v) is 1.69. The Balaban J connectivity index is 2.47. The van der Waals surface area contributed by atoms with Crippen LogP contribution in [0.5, 0.6) is 0 Å². The van der Waals surface area contributed by atoms with Crippen LogP contribution in [0.25, 0.3) is 0 Å². The maximum atomic E-state index is 11.8. The van der Waals surface area contributed by atoms with Crippen molar-refractivity contribution in [3.05, 3.63) is 34.3 Å². The molecule has 21 heavy (non-hydrogen) atoms. The Bertz CT molecular complexity index is 518. The van der Waals surface area contributed by atoms with Crippen molar-refractivity contribution in [1.29, 1.82) is 0 Å². The number of esters is 1. The van der Waals surface area contributed by atoms with Crippen molar-refractivity contribution in [2.45, 2.75) is 6.04 Å². The normalized spacial score (nSPS) is 11.4. The SMILES string of the molecule is COC(=O)[C@@H](CO)NC(=O)CNC(=O)c1ccc(Br)cc1. The number of hydrogen-bond acceptors (Lipinski definition) is 5. The number of nitrogens with one attached hydrogen (secondary N) is 2. The highest BCUT2D eigenvalue weighted by atomic mass is 79.9. The van der Waals surface area contributed by atoms with Gasteiger partial charge in [0.2, 0.25) is 5.91 Å². The van der Waals surface area contributed by atoms with Crippen LogP contribution in [-0.2, 0) is 14.3 Å². The minimum Gasteiger partial charge on any atom is -0.467 e. The van der Waals surface area contributed by atoms with E-state index in [0.29, 0.717) is 5.56 Å². The van der Waals surface area contributed by atoms with Crippen LogP contribution >= 0.6 is 15.9 Å². The quantitative estimate of drug-likeness (QED) is 0.612. The number of aliphatic hydroxyl groups is 1. The highest BCUT2D eigenvalue weighted by molar-refractivity contribution is 9.10. The Labute approximate surface area is 129 Å². The lowest BCUT2D eigenvalue weighted by Gasteiger charge is -2.14. The molecule has 1 aromatic carbocycles. The van der Waals surface area contributed by atoms with E-state index in [-0.39, 0.29) is 6.54 Å². The fraction of sp³-hybridized carbons (Fsp3) is 0.308. The monoisotopic (exact) mass is 358 g/mol. The topological polar surface area (TPSA) is 105 Å². The molecule has 1 rings (SSSR count). The zero-order valence-electron chi connectivity index (χ0n) is 11.3. The Kier molecular flexibility index (Phi) is 6.83. The highest BCUT2D eigenvalue weighted by Gasteiger charge is 2.20. The molecule has 0 saturated heterocycles. The van der Waals surface area contributed by atoms with Crippen molar-refractivity contribution < 1.29 is 24.2 Å². The predicted molar refractivity (Wildman–Crippen MR) is 77.5 cm³/mol. The zero-order chi connectivity index (χ0) is 15.8. The van der Waals surface area contributed by atoms with Crippen molar-refractivity contribution in [3.63, 3.8) is 0 Å². The summed E-state index contributed by atoms with van der Waals surface area (Å²) in [5.74, 6) is -1.79. The van der Waals surface area contributed by atoms with Gasteiger partial charge < -0.3 is 20.5 Å². The highest BCUT2D eigenvalue weighted by Crippen LogP contribution is 2.10. The van der Waals surface area contributed by atoms with Crippen LogP contribution < -0.4 is 10.6 Å². The van der Waals surface area contributed by atoms with Gasteiger partial charge in [0.1, 0.15) is 0 Å². The molecule has 0 saturated carbocycles. The van der Waals surface area contributed by atoms with Crippen LogP contribution in [0.4, 0.5) is 0 Å². The fourth-order valence-electron chi connectivity index (χ4n) is 1.43. The van der Waals surface area contributed by atoms with Crippen LogP contribution in [0.1, 0.15) is 10.4 Å². The third-order valence-corrected chi connectivity index (χ3v) is 3.05. The average molecular weight is 359 g/mol. The van der Waals surface area contributed by atoms with E-state index in [4.69, 9.17) is 5.11 Å². The number of aliphatic hydroxyl groups excluding tert-OH is 1. The molecule has 3 N–H and O–H groups in total. The summed E-state index contributed by atoms with van der Waals surface area (Å²) in [6.07, 6.45) is 0. The van der Waals surface area contributed by atoms with E-state index in [2.05, 4.69) is 31.3 Å². The molecule has 114 valence electrons. The summed E-state index contributed by atoms with van der Waals surface area (Å²) in [4.78, 5) is 34.5. The summed E-state index contributed by atoms with van der Waals surface area (Å²) in [6.45, 7) is -0.901. The van der Waals surface area contributed by atoms with Gasteiger partial charge in [-0.25, -0.2) is 4.79 Å². The third kappa shape index (κ3) is 5.52. The molecule has 8 heteroatoms. The third-order valence-electron chi connectivity index (χ3n) is 2.52. The molecule has 0 aliphatic carbocycles. The van der Waals surface area contributed by atoms with Gasteiger partial charge in [0.15, 0.2) is 6.04 Å². The van der Waals surface area contributed by atoms with Crippen molar-refractivity contribution in [1.82, 2.24) is 10.6 Å². The average Bonchev–Trinajstić information content (AvgIpc) is 2.50. The molecule has 1 aromatic rings. The number of benzene rings is 1. The number of carbonyl (C=O) groups is 3. The number of rotatable bonds is 6. The van der Waals surface area contributed by atoms with Crippen LogP contribution in [-0.4, -0.2) is 49.2 Å². The molecule has 0 aromatic heterocycles. The minimum atomic E-state index is -1.15. The van der Waals surface area contributed by atoms with E-state index < -0.39 is 30.4 Å². The smallest absolute Gasteiger partial charge is 0.330 e. The number of carbonyl (C=O) groups excluding carboxylic acids is 3. The second-order valence-electron chi connectivity index (χ2n) is 4.02. The van der Waals surface area contributed by atoms with Crippen LogP contribution in [0.2, 0.25) is 0 Å². The molecule has 0 fully saturated rings. The Morgan fingerprint density at radius 1 is 1.29 bits per heavy atom. The molecular weight excluding hydrogens is 344 g/mol. The molecule has 1 atom stereocenters. The van der Waals surface area contributed by atoms with Gasteiger partial charge in [-0.05, 0) is 24.3 Å². The lowest BCUT2D eigenvalue weighted by atomic mass is 10.2. The number of amides is 2. The zero-order valence-corrected chi connectivity index (χ0v) is 12.8. The second-order valence-corrected chi connectivity index (χ2v) is 4.93. The molecule has 2 amide bonds. The summed E-state index contributed by atoms with van der Waals surface area (Å²) in [5.41, 5.74) is 0.401. The van der Waals surface area contributed by atoms with E-state index >= 15 is 0 Å². The maximum absolute atomic E-state index is 11.8. The second kappa shape index (κ2) is 8.38. The Morgan fingerprint density at radius 2 is 1.90 bits per heavy atom. The van der Waals surface area contributed by atoms with Gasteiger partial charge in [-0.15, -0.1) is 0 Å². The van der Waals surface area contributed by atoms with E-state index in [1.807, 2.05) is 0 Å². The van der Waals surface area contributed by atoms with E-state index in [9.17, 15) is 14.4 Å². The first-order chi connectivity index (χ1) is 9.97. The Morgan fingerprint density at radius 3 is 2.43 bits per heavy atom. The number of ether oxygens (including phenoxy) is 1. The van der Waals surface area contributed by atoms with Gasteiger partial charge in [0.05, 0.1) is 20.3 Å². The van der Waals surface area contributed by atoms with E-state index in [1.165, 1.54) is 0 Å². The molecule has 0 radical (unpaired) electrons. The Hall–Kier alpha value is -1.93. The lowest BCUT2D eigenvalue weighted by molar-refractivity contribution is -0.146.